The van der Waals surface area contributed by atoms with Gasteiger partial charge in [-0.05, 0) is 204 Å². The van der Waals surface area contributed by atoms with Crippen molar-refractivity contribution in [2.75, 3.05) is 42.7 Å². The molecule has 104 heavy (non-hydrogen) atoms. The Kier molecular flexibility index (Phi) is 47.3. The van der Waals surface area contributed by atoms with Gasteiger partial charge in [-0.3, -0.25) is 0 Å². The molecule has 0 bridgehead atoms. The molecule has 13 aromatic rings. The molecule has 0 amide bonds. The Labute approximate surface area is 680 Å². The SMILES string of the molecule is COc1ccc(OC)c(S)c1.COc1ccc(S)cc1.COc1ccc(S)cc1OC.COc1ccccc1S.Fc1ccc(S)cc1.Fc1cccc(S)c1.Fc1ccccc1S.Sc1ccc(-c2ccccc2)cc1.Sc1ccc(Cl)cc1.Sc1cccc2ccccc12.Sc1ccccc1Cl. The summed E-state index contributed by atoms with van der Waals surface area (Å²) < 4.78 is 66.4. The van der Waals surface area contributed by atoms with Crippen LogP contribution < -0.4 is 28.4 Å². The minimum absolute atomic E-state index is 0.220. The number of thiol groups is 11. The highest BCUT2D eigenvalue weighted by Crippen LogP contribution is 2.30. The van der Waals surface area contributed by atoms with Gasteiger partial charge in [0.25, 0.3) is 0 Å². The molecule has 0 aliphatic carbocycles. The van der Waals surface area contributed by atoms with E-state index >= 15 is 0 Å². The average molecular weight is 1640 g/mol. The van der Waals surface area contributed by atoms with Gasteiger partial charge in [0.05, 0.1) is 47.7 Å². The van der Waals surface area contributed by atoms with Gasteiger partial charge in [-0.15, -0.1) is 139 Å². The molecule has 0 atom stereocenters. The first kappa shape index (κ1) is 91.3. The highest BCUT2D eigenvalue weighted by molar-refractivity contribution is 7.82. The van der Waals surface area contributed by atoms with Crippen LogP contribution in [0.3, 0.4) is 0 Å². The first-order valence-electron chi connectivity index (χ1n) is 30.6. The molecule has 544 valence electrons. The van der Waals surface area contributed by atoms with Crippen molar-refractivity contribution in [1.82, 2.24) is 0 Å². The smallest absolute Gasteiger partial charge is 0.161 e. The minimum atomic E-state index is -0.268. The van der Waals surface area contributed by atoms with Crippen molar-refractivity contribution in [2.24, 2.45) is 0 Å². The molecule has 0 unspecified atom stereocenters. The number of para-hydroxylation sites is 1. The van der Waals surface area contributed by atoms with Crippen LogP contribution >= 0.6 is 162 Å². The van der Waals surface area contributed by atoms with E-state index in [0.29, 0.717) is 20.6 Å². The molecule has 13 aromatic carbocycles. The van der Waals surface area contributed by atoms with Crippen molar-refractivity contribution >= 4 is 173 Å². The lowest BCUT2D eigenvalue weighted by molar-refractivity contribution is 0.354. The summed E-state index contributed by atoms with van der Waals surface area (Å²) in [6.07, 6.45) is 0. The maximum absolute atomic E-state index is 12.2. The van der Waals surface area contributed by atoms with Gasteiger partial charge >= 0.3 is 0 Å². The molecule has 0 aromatic heterocycles. The van der Waals surface area contributed by atoms with Gasteiger partial charge in [0.15, 0.2) is 11.5 Å². The van der Waals surface area contributed by atoms with Gasteiger partial charge in [-0.2, -0.15) is 0 Å². The number of fused-ring (bicyclic) bond motifs is 1. The van der Waals surface area contributed by atoms with E-state index in [4.69, 9.17) is 51.6 Å². The van der Waals surface area contributed by atoms with Crippen molar-refractivity contribution in [3.63, 3.8) is 0 Å². The monoisotopic (exact) mass is 1640 g/mol. The Morgan fingerprint density at radius 1 is 0.250 bits per heavy atom. The number of hydrogen-bond acceptors (Lipinski definition) is 17. The molecular formula is C82H79Cl2F3O6S11. The van der Waals surface area contributed by atoms with E-state index in [0.717, 1.165) is 77.8 Å². The molecule has 0 saturated heterocycles. The summed E-state index contributed by atoms with van der Waals surface area (Å²) in [7, 11) is 9.72. The van der Waals surface area contributed by atoms with E-state index in [2.05, 4.69) is 181 Å². The van der Waals surface area contributed by atoms with Gasteiger partial charge < -0.3 is 28.4 Å². The molecule has 0 aliphatic heterocycles. The molecule has 6 nitrogen and oxygen atoms in total. The number of benzene rings is 13. The summed E-state index contributed by atoms with van der Waals surface area (Å²) in [5, 5.41) is 3.93. The predicted octanol–water partition coefficient (Wildman–Crippen LogP) is 26.3. The van der Waals surface area contributed by atoms with Crippen molar-refractivity contribution in [1.29, 1.82) is 0 Å². The van der Waals surface area contributed by atoms with E-state index in [1.165, 1.54) is 52.2 Å². The van der Waals surface area contributed by atoms with Gasteiger partial charge in [0.2, 0.25) is 0 Å². The Hall–Kier alpha value is -6.86. The van der Waals surface area contributed by atoms with Crippen LogP contribution in [0.5, 0.6) is 34.5 Å². The van der Waals surface area contributed by atoms with Crippen LogP contribution in [-0.2, 0) is 0 Å². The minimum Gasteiger partial charge on any atom is -0.497 e. The summed E-state index contributed by atoms with van der Waals surface area (Å²) in [5.41, 5.74) is 2.48. The van der Waals surface area contributed by atoms with Crippen molar-refractivity contribution < 1.29 is 41.6 Å². The quantitative estimate of drug-likeness (QED) is 0.0732. The third-order valence-electron chi connectivity index (χ3n) is 12.8. The summed E-state index contributed by atoms with van der Waals surface area (Å²) >= 11 is 56.3. The normalized spacial score (nSPS) is 9.44. The fourth-order valence-corrected chi connectivity index (χ4v) is 10.0. The number of methoxy groups -OCH3 is 6. The van der Waals surface area contributed by atoms with Crippen LogP contribution in [0.2, 0.25) is 10.0 Å². The van der Waals surface area contributed by atoms with Crippen LogP contribution in [0.25, 0.3) is 21.9 Å². The van der Waals surface area contributed by atoms with Crippen molar-refractivity contribution in [3.8, 4) is 45.6 Å². The summed E-state index contributed by atoms with van der Waals surface area (Å²) in [4.78, 5) is 9.13. The third-order valence-corrected chi connectivity index (χ3v) is 17.1. The van der Waals surface area contributed by atoms with Gasteiger partial charge in [0.1, 0.15) is 40.4 Å². The van der Waals surface area contributed by atoms with E-state index in [1.54, 1.807) is 85.1 Å². The lowest BCUT2D eigenvalue weighted by atomic mass is 10.1. The lowest BCUT2D eigenvalue weighted by Crippen LogP contribution is -1.89. The molecule has 0 N–H and O–H groups in total. The zero-order valence-corrected chi connectivity index (χ0v) is 68.5. The fraction of sp³-hybridized carbons (Fsp3) is 0.0732. The maximum Gasteiger partial charge on any atom is 0.161 e. The molecule has 0 aliphatic rings. The number of halogens is 5. The Morgan fingerprint density at radius 2 is 0.663 bits per heavy atom. The molecule has 0 spiro atoms. The van der Waals surface area contributed by atoms with Crippen LogP contribution in [0.15, 0.2) is 357 Å². The zero-order chi connectivity index (χ0) is 76.6. The van der Waals surface area contributed by atoms with Crippen molar-refractivity contribution in [3.05, 3.63) is 331 Å². The van der Waals surface area contributed by atoms with Gasteiger partial charge in [-0.25, -0.2) is 13.2 Å². The highest BCUT2D eigenvalue weighted by atomic mass is 35.5. The van der Waals surface area contributed by atoms with Gasteiger partial charge in [0, 0.05) is 58.9 Å². The van der Waals surface area contributed by atoms with Crippen LogP contribution in [-0.4, -0.2) is 42.7 Å². The number of ether oxygens (including phenoxy) is 6. The van der Waals surface area contributed by atoms with E-state index in [-0.39, 0.29) is 17.5 Å². The second-order valence-electron chi connectivity index (χ2n) is 20.2. The van der Waals surface area contributed by atoms with Crippen LogP contribution in [0.4, 0.5) is 13.2 Å². The summed E-state index contributed by atoms with van der Waals surface area (Å²) in [5.74, 6) is 3.94. The lowest BCUT2D eigenvalue weighted by Gasteiger charge is -2.06. The number of rotatable bonds is 7. The van der Waals surface area contributed by atoms with Crippen molar-refractivity contribution in [2.45, 2.75) is 53.9 Å². The first-order chi connectivity index (χ1) is 49.9. The highest BCUT2D eigenvalue weighted by Gasteiger charge is 2.03. The Morgan fingerprint density at radius 3 is 1.11 bits per heavy atom. The zero-order valence-electron chi connectivity index (χ0n) is 57.1. The van der Waals surface area contributed by atoms with Crippen LogP contribution in [0, 0.1) is 17.5 Å². The maximum atomic E-state index is 12.2. The number of hydrogen-bond donors (Lipinski definition) is 11. The van der Waals surface area contributed by atoms with E-state index in [9.17, 15) is 13.2 Å². The summed E-state index contributed by atoms with van der Waals surface area (Å²) in [6.45, 7) is 0. The molecule has 0 radical (unpaired) electrons. The second kappa shape index (κ2) is 53.8. The molecule has 0 fully saturated rings. The molecule has 0 saturated carbocycles. The third kappa shape index (κ3) is 38.9. The Balaban J connectivity index is 0.000000298. The first-order valence-corrected chi connectivity index (χ1v) is 36.3. The second-order valence-corrected chi connectivity index (χ2v) is 26.5. The van der Waals surface area contributed by atoms with E-state index < -0.39 is 0 Å². The standard InChI is InChI=1S/C12H10S.C10H8S.2C8H10O2S.2C7H8OS.2C6H5ClS.3C6H5FS/c13-12-8-6-11(7-9-12)10-4-2-1-3-5-10;11-10-7-3-5-8-4-1-2-6-9(8)10;1-9-7-4-3-6(11)5-8(7)10-2;1-9-6-3-4-7(10-2)8(11)5-6;1-8-6-2-4-7(9)5-3-6;1-8-6-4-2-3-5-7(6)9;7-5-1-3-6(8)4-2-5;7-5-3-1-2-4-6(5)8;7-5-1-3-6(8)4-2-5;7-5-2-1-3-6(8)4-5;7-5-3-1-2-4-6(5)8/h1-9,13H;1-7,11H;2*3-5,11H,1-2H3;2*2-5,9H,1H3;5*1-4,8H. The predicted molar refractivity (Wildman–Crippen MR) is 463 cm³/mol. The van der Waals surface area contributed by atoms with Gasteiger partial charge in [-0.1, -0.05) is 145 Å². The Bertz CT molecular complexity index is 4310. The van der Waals surface area contributed by atoms with E-state index in [1.807, 2.05) is 188 Å². The molecule has 22 heteroatoms. The topological polar surface area (TPSA) is 55.4 Å². The fourth-order valence-electron chi connectivity index (χ4n) is 7.59. The molecule has 13 rings (SSSR count). The molecule has 0 heterocycles. The van der Waals surface area contributed by atoms with Crippen LogP contribution in [0.1, 0.15) is 0 Å². The summed E-state index contributed by atoms with van der Waals surface area (Å²) in [6, 6.07) is 92.1. The largest absolute Gasteiger partial charge is 0.497 e. The average Bonchev–Trinajstić information content (AvgIpc) is 0.847. The molecular weight excluding hydrogens is 1560 g/mol.